The van der Waals surface area contributed by atoms with Crippen molar-refractivity contribution in [2.24, 2.45) is 11.1 Å². The molecule has 1 spiro atoms. The Kier molecular flexibility index (Phi) is 4.97. The summed E-state index contributed by atoms with van der Waals surface area (Å²) in [6.45, 7) is 2.93. The van der Waals surface area contributed by atoms with Crippen LogP contribution in [0.15, 0.2) is 42.6 Å². The number of H-pyrrole nitrogens is 1. The zero-order chi connectivity index (χ0) is 27.0. The third-order valence-electron chi connectivity index (χ3n) is 9.55. The first kappa shape index (κ1) is 23.4. The molecular weight excluding hydrogens is 502 g/mol. The Morgan fingerprint density at radius 2 is 1.88 bits per heavy atom. The van der Waals surface area contributed by atoms with E-state index in [0.717, 1.165) is 84.0 Å². The van der Waals surface area contributed by atoms with Gasteiger partial charge in [-0.25, -0.2) is 9.97 Å². The average molecular weight is 532 g/mol. The molecule has 4 aromatic rings. The van der Waals surface area contributed by atoms with E-state index in [0.29, 0.717) is 25.2 Å². The maximum Gasteiger partial charge on any atom is 0.227 e. The molecule has 3 N–H and O–H groups in total. The number of aromatic nitrogens is 4. The lowest BCUT2D eigenvalue weighted by Crippen LogP contribution is -2.45. The minimum Gasteiger partial charge on any atom is -0.355 e. The molecule has 4 aliphatic rings. The average Bonchev–Trinajstić information content (AvgIpc) is 3.53. The van der Waals surface area contributed by atoms with Gasteiger partial charge in [0.25, 0.3) is 0 Å². The second-order valence-corrected chi connectivity index (χ2v) is 11.4. The van der Waals surface area contributed by atoms with E-state index in [4.69, 9.17) is 15.7 Å². The number of nitrogens with zero attached hydrogens (tertiary/aromatic N) is 7. The van der Waals surface area contributed by atoms with Gasteiger partial charge < -0.3 is 20.4 Å². The number of hydrogen-bond donors (Lipinski definition) is 2. The van der Waals surface area contributed by atoms with Crippen molar-refractivity contribution in [1.29, 1.82) is 5.26 Å². The predicted octanol–water partition coefficient (Wildman–Crippen LogP) is 3.50. The maximum absolute atomic E-state index is 12.6. The SMILES string of the molecule is N#Cc1cccc2c1CC1(CCN(c3cnc4c(N5CCN6C(=O)CCc7cccc5c76)n[nH]c4n3)CC1)[C@@H]2N. The molecule has 8 rings (SSSR count). The second-order valence-electron chi connectivity index (χ2n) is 11.4. The van der Waals surface area contributed by atoms with Crippen LogP contribution in [0.1, 0.15) is 47.6 Å². The number of fused-ring (bicyclic) bond motifs is 2. The van der Waals surface area contributed by atoms with Gasteiger partial charge in [-0.05, 0) is 59.9 Å². The molecule has 200 valence electrons. The van der Waals surface area contributed by atoms with Crippen molar-refractivity contribution in [2.75, 3.05) is 40.9 Å². The van der Waals surface area contributed by atoms with Crippen LogP contribution < -0.4 is 20.4 Å². The van der Waals surface area contributed by atoms with Crippen LogP contribution in [-0.2, 0) is 17.6 Å². The monoisotopic (exact) mass is 531 g/mol. The normalized spacial score (nSPS) is 21.1. The van der Waals surface area contributed by atoms with Gasteiger partial charge in [0.05, 0.1) is 29.2 Å². The fourth-order valence-electron chi connectivity index (χ4n) is 7.37. The fraction of sp³-hybridized carbons (Fsp3) is 0.367. The van der Waals surface area contributed by atoms with Crippen LogP contribution in [-0.4, -0.2) is 52.3 Å². The maximum atomic E-state index is 12.6. The van der Waals surface area contributed by atoms with Crippen LogP contribution in [0.5, 0.6) is 0 Å². The number of rotatable bonds is 2. The first-order chi connectivity index (χ1) is 19.6. The number of anilines is 4. The minimum absolute atomic E-state index is 0.0250. The lowest BCUT2D eigenvalue weighted by Gasteiger charge is -2.42. The van der Waals surface area contributed by atoms with Gasteiger partial charge in [-0.15, -0.1) is 0 Å². The Bertz CT molecular complexity index is 1730. The molecule has 1 atom stereocenters. The van der Waals surface area contributed by atoms with Gasteiger partial charge in [-0.2, -0.15) is 10.4 Å². The molecule has 1 aliphatic carbocycles. The van der Waals surface area contributed by atoms with Gasteiger partial charge in [0.15, 0.2) is 17.0 Å². The molecular formula is C30H29N9O. The number of nitrogens with two attached hydrogens (primary N) is 1. The van der Waals surface area contributed by atoms with Crippen molar-refractivity contribution in [3.63, 3.8) is 0 Å². The molecule has 3 aliphatic heterocycles. The topological polar surface area (TPSA) is 131 Å². The number of nitriles is 1. The number of para-hydroxylation sites is 1. The number of aryl methyl sites for hydroxylation is 1. The Labute approximate surface area is 231 Å². The summed E-state index contributed by atoms with van der Waals surface area (Å²) in [7, 11) is 0. The van der Waals surface area contributed by atoms with E-state index in [-0.39, 0.29) is 17.4 Å². The Morgan fingerprint density at radius 3 is 2.73 bits per heavy atom. The molecule has 0 saturated carbocycles. The van der Waals surface area contributed by atoms with Gasteiger partial charge in [-0.3, -0.25) is 9.89 Å². The number of nitrogens with one attached hydrogen (secondary N) is 1. The highest BCUT2D eigenvalue weighted by Crippen LogP contribution is 2.52. The Morgan fingerprint density at radius 1 is 1.05 bits per heavy atom. The number of aromatic amines is 1. The lowest BCUT2D eigenvalue weighted by molar-refractivity contribution is -0.118. The van der Waals surface area contributed by atoms with Gasteiger partial charge in [-0.1, -0.05) is 24.3 Å². The van der Waals surface area contributed by atoms with E-state index in [1.807, 2.05) is 23.2 Å². The molecule has 1 fully saturated rings. The number of benzene rings is 2. The van der Waals surface area contributed by atoms with Crippen molar-refractivity contribution in [3.05, 3.63) is 64.8 Å². The zero-order valence-corrected chi connectivity index (χ0v) is 22.1. The minimum atomic E-state index is -0.0545. The van der Waals surface area contributed by atoms with E-state index < -0.39 is 0 Å². The first-order valence-electron chi connectivity index (χ1n) is 14.0. The molecule has 10 heteroatoms. The van der Waals surface area contributed by atoms with Gasteiger partial charge in [0, 0.05) is 38.6 Å². The summed E-state index contributed by atoms with van der Waals surface area (Å²) in [5.41, 5.74) is 14.3. The van der Waals surface area contributed by atoms with Crippen LogP contribution >= 0.6 is 0 Å². The fourth-order valence-corrected chi connectivity index (χ4v) is 7.37. The number of carbonyl (C=O) groups is 1. The van der Waals surface area contributed by atoms with Gasteiger partial charge in [0.1, 0.15) is 5.82 Å². The van der Waals surface area contributed by atoms with Crippen LogP contribution in [0.4, 0.5) is 23.0 Å². The zero-order valence-electron chi connectivity index (χ0n) is 22.1. The Balaban J connectivity index is 1.05. The summed E-state index contributed by atoms with van der Waals surface area (Å²) in [6.07, 6.45) is 5.90. The van der Waals surface area contributed by atoms with Gasteiger partial charge in [0.2, 0.25) is 5.91 Å². The van der Waals surface area contributed by atoms with Crippen molar-refractivity contribution in [1.82, 2.24) is 20.2 Å². The highest BCUT2D eigenvalue weighted by molar-refractivity contribution is 6.03. The van der Waals surface area contributed by atoms with Crippen LogP contribution in [0, 0.1) is 16.7 Å². The second kappa shape index (κ2) is 8.50. The van der Waals surface area contributed by atoms with Crippen LogP contribution in [0.3, 0.4) is 0 Å². The lowest BCUT2D eigenvalue weighted by atomic mass is 9.73. The summed E-state index contributed by atoms with van der Waals surface area (Å²) >= 11 is 0. The smallest absolute Gasteiger partial charge is 0.227 e. The number of carbonyl (C=O) groups excluding carboxylic acids is 1. The third-order valence-corrected chi connectivity index (χ3v) is 9.55. The van der Waals surface area contributed by atoms with E-state index in [1.54, 1.807) is 0 Å². The number of piperidine rings is 1. The highest BCUT2D eigenvalue weighted by Gasteiger charge is 2.47. The van der Waals surface area contributed by atoms with E-state index in [9.17, 15) is 10.1 Å². The quantitative estimate of drug-likeness (QED) is 0.402. The molecule has 1 saturated heterocycles. The first-order valence-corrected chi connectivity index (χ1v) is 14.0. The molecule has 2 aromatic carbocycles. The molecule has 2 aromatic heterocycles. The molecule has 10 nitrogen and oxygen atoms in total. The number of hydrogen-bond acceptors (Lipinski definition) is 8. The van der Waals surface area contributed by atoms with Crippen LogP contribution in [0.25, 0.3) is 11.2 Å². The third kappa shape index (κ3) is 3.24. The van der Waals surface area contributed by atoms with E-state index >= 15 is 0 Å². The standard InChI is InChI=1S/C30H29N9O/c31-16-19-4-1-5-20-21(19)15-30(27(20)32)9-11-37(12-10-30)23-17-33-25-28(34-23)35-36-29(25)38-13-14-39-24(40)8-7-18-3-2-6-22(38)26(18)39/h1-6,17,27H,7-15,32H2,(H,34,35,36)/t27-/m1/s1. The molecule has 0 radical (unpaired) electrons. The molecule has 5 heterocycles. The van der Waals surface area contributed by atoms with E-state index in [1.165, 1.54) is 5.56 Å². The van der Waals surface area contributed by atoms with Crippen molar-refractivity contribution in [2.45, 2.75) is 38.1 Å². The van der Waals surface area contributed by atoms with Crippen LogP contribution in [0.2, 0.25) is 0 Å². The summed E-state index contributed by atoms with van der Waals surface area (Å²) in [5, 5.41) is 17.3. The Hall–Kier alpha value is -4.49. The van der Waals surface area contributed by atoms with Gasteiger partial charge >= 0.3 is 0 Å². The molecule has 0 bridgehead atoms. The predicted molar refractivity (Wildman–Crippen MR) is 151 cm³/mol. The highest BCUT2D eigenvalue weighted by atomic mass is 16.2. The summed E-state index contributed by atoms with van der Waals surface area (Å²) < 4.78 is 0. The van der Waals surface area contributed by atoms with Crippen molar-refractivity contribution >= 4 is 40.1 Å². The summed E-state index contributed by atoms with van der Waals surface area (Å²) in [4.78, 5) is 28.7. The largest absolute Gasteiger partial charge is 0.355 e. The summed E-state index contributed by atoms with van der Waals surface area (Å²) in [5.74, 6) is 1.75. The number of amides is 1. The molecule has 40 heavy (non-hydrogen) atoms. The molecule has 0 unspecified atom stereocenters. The molecule has 1 amide bonds. The van der Waals surface area contributed by atoms with Crippen molar-refractivity contribution in [3.8, 4) is 6.07 Å². The van der Waals surface area contributed by atoms with E-state index in [2.05, 4.69) is 50.3 Å². The summed E-state index contributed by atoms with van der Waals surface area (Å²) in [6, 6.07) is 14.4. The van der Waals surface area contributed by atoms with Crippen molar-refractivity contribution < 1.29 is 4.79 Å².